The number of ether oxygens (including phenoxy) is 1. The number of thiophene rings is 1. The van der Waals surface area contributed by atoms with Crippen LogP contribution in [0.15, 0.2) is 78.9 Å². The average Bonchev–Trinajstić information content (AvgIpc) is 3.25. The number of rotatable bonds is 5. The van der Waals surface area contributed by atoms with Crippen molar-refractivity contribution < 1.29 is 14.9 Å². The van der Waals surface area contributed by atoms with Crippen molar-refractivity contribution >= 4 is 22.1 Å². The van der Waals surface area contributed by atoms with Gasteiger partial charge in [-0.05, 0) is 54.6 Å². The zero-order valence-electron chi connectivity index (χ0n) is 17.6. The summed E-state index contributed by atoms with van der Waals surface area (Å²) < 4.78 is 5.62. The van der Waals surface area contributed by atoms with Crippen molar-refractivity contribution in [3.63, 3.8) is 0 Å². The molecule has 4 aromatic rings. The number of benzene rings is 3. The van der Waals surface area contributed by atoms with Gasteiger partial charge in [0.1, 0.15) is 5.75 Å². The van der Waals surface area contributed by atoms with E-state index in [-0.39, 0.29) is 6.61 Å². The van der Waals surface area contributed by atoms with Gasteiger partial charge in [-0.25, -0.2) is 0 Å². The molecule has 3 N–H and O–H groups in total. The molecule has 0 aliphatic carbocycles. The van der Waals surface area contributed by atoms with E-state index in [1.165, 1.54) is 33.2 Å². The highest BCUT2D eigenvalue weighted by atomic mass is 32.1. The van der Waals surface area contributed by atoms with Crippen LogP contribution in [0.3, 0.4) is 0 Å². The van der Waals surface area contributed by atoms with Gasteiger partial charge in [-0.2, -0.15) is 0 Å². The fourth-order valence-corrected chi connectivity index (χ4v) is 3.59. The van der Waals surface area contributed by atoms with Gasteiger partial charge in [-0.15, -0.1) is 11.3 Å². The van der Waals surface area contributed by atoms with Crippen LogP contribution >= 0.6 is 11.3 Å². The van der Waals surface area contributed by atoms with Crippen LogP contribution in [0, 0.1) is 6.92 Å². The van der Waals surface area contributed by atoms with Crippen LogP contribution in [0.4, 0.5) is 0 Å². The third-order valence-electron chi connectivity index (χ3n) is 4.28. The summed E-state index contributed by atoms with van der Waals surface area (Å²) in [4.78, 5) is 0.914. The van der Waals surface area contributed by atoms with Crippen LogP contribution in [0.25, 0.3) is 10.8 Å². The molecule has 0 aliphatic heterocycles. The number of aliphatic hydroxyl groups is 2. The van der Waals surface area contributed by atoms with Crippen molar-refractivity contribution in [2.45, 2.75) is 20.1 Å². The second kappa shape index (κ2) is 12.8. The Morgan fingerprint density at radius 1 is 0.867 bits per heavy atom. The molecule has 0 radical (unpaired) electrons. The van der Waals surface area contributed by atoms with Crippen molar-refractivity contribution in [1.82, 2.24) is 5.32 Å². The largest absolute Gasteiger partial charge is 0.447 e. The molecule has 158 valence electrons. The second-order valence-corrected chi connectivity index (χ2v) is 7.59. The molecule has 0 bridgehead atoms. The number of hydrogen-bond donors (Lipinski definition) is 3. The standard InChI is InChI=1S/C12H13N.C12H12O2S.CH4O/c1-13-9-11-7-4-6-10-5-2-3-8-12(10)11;1-9-2-4-10(5-3-9)14-12-7-6-11(8-13)15-12;1-2/h2-8,13H,9H2,1H3;2-7,13H,8H2,1H3;2H,1H3. The maximum atomic E-state index is 8.91. The van der Waals surface area contributed by atoms with Gasteiger partial charge in [0.2, 0.25) is 0 Å². The topological polar surface area (TPSA) is 61.7 Å². The fraction of sp³-hybridized carbons (Fsp3) is 0.200. The SMILES string of the molecule is CNCc1cccc2ccccc12.CO.Cc1ccc(Oc2ccc(CO)s2)cc1. The van der Waals surface area contributed by atoms with E-state index in [0.717, 1.165) is 29.3 Å². The monoisotopic (exact) mass is 423 g/mol. The van der Waals surface area contributed by atoms with Crippen molar-refractivity contribution in [3.05, 3.63) is 94.9 Å². The lowest BCUT2D eigenvalue weighted by Crippen LogP contribution is -2.05. The van der Waals surface area contributed by atoms with E-state index in [1.54, 1.807) is 0 Å². The van der Waals surface area contributed by atoms with Crippen LogP contribution in [0.1, 0.15) is 16.0 Å². The van der Waals surface area contributed by atoms with Crippen LogP contribution in [0.2, 0.25) is 0 Å². The molecule has 0 unspecified atom stereocenters. The normalized spacial score (nSPS) is 9.90. The summed E-state index contributed by atoms with van der Waals surface area (Å²) in [6, 6.07) is 26.5. The van der Waals surface area contributed by atoms with Crippen molar-refractivity contribution in [1.29, 1.82) is 0 Å². The summed E-state index contributed by atoms with van der Waals surface area (Å²) in [6.07, 6.45) is 0. The first-order chi connectivity index (χ1) is 14.7. The van der Waals surface area contributed by atoms with E-state index in [1.807, 2.05) is 50.4 Å². The lowest BCUT2D eigenvalue weighted by Gasteiger charge is -2.04. The van der Waals surface area contributed by atoms with Crippen molar-refractivity contribution in [2.24, 2.45) is 0 Å². The molecule has 0 saturated heterocycles. The molecule has 0 aliphatic rings. The number of aryl methyl sites for hydroxylation is 1. The zero-order valence-corrected chi connectivity index (χ0v) is 18.4. The lowest BCUT2D eigenvalue weighted by atomic mass is 10.0. The van der Waals surface area contributed by atoms with Gasteiger partial charge in [-0.1, -0.05) is 60.2 Å². The molecule has 1 heterocycles. The molecule has 1 aromatic heterocycles. The molecule has 0 saturated carbocycles. The van der Waals surface area contributed by atoms with Crippen LogP contribution < -0.4 is 10.1 Å². The number of fused-ring (bicyclic) bond motifs is 1. The average molecular weight is 424 g/mol. The summed E-state index contributed by atoms with van der Waals surface area (Å²) in [5.41, 5.74) is 2.57. The first-order valence-electron chi connectivity index (χ1n) is 9.69. The Morgan fingerprint density at radius 2 is 1.57 bits per heavy atom. The first kappa shape index (κ1) is 23.6. The molecule has 0 spiro atoms. The Labute approximate surface area is 182 Å². The molecular weight excluding hydrogens is 394 g/mol. The van der Waals surface area contributed by atoms with Crippen LogP contribution in [0.5, 0.6) is 10.8 Å². The van der Waals surface area contributed by atoms with Gasteiger partial charge in [0.25, 0.3) is 0 Å². The summed E-state index contributed by atoms with van der Waals surface area (Å²) in [5, 5.41) is 22.6. The molecule has 5 heteroatoms. The van der Waals surface area contributed by atoms with E-state index in [2.05, 4.69) is 47.8 Å². The predicted molar refractivity (Wildman–Crippen MR) is 126 cm³/mol. The first-order valence-corrected chi connectivity index (χ1v) is 10.5. The molecule has 4 nitrogen and oxygen atoms in total. The minimum atomic E-state index is 0.0714. The molecule has 0 amide bonds. The van der Waals surface area contributed by atoms with E-state index >= 15 is 0 Å². The molecule has 3 aromatic carbocycles. The van der Waals surface area contributed by atoms with E-state index in [0.29, 0.717) is 0 Å². The lowest BCUT2D eigenvalue weighted by molar-refractivity contribution is 0.285. The third kappa shape index (κ3) is 6.97. The van der Waals surface area contributed by atoms with Crippen LogP contribution in [-0.4, -0.2) is 24.4 Å². The van der Waals surface area contributed by atoms with Gasteiger partial charge in [0.15, 0.2) is 5.06 Å². The highest BCUT2D eigenvalue weighted by molar-refractivity contribution is 7.13. The molecule has 4 rings (SSSR count). The Bertz CT molecular complexity index is 1010. The van der Waals surface area contributed by atoms with Crippen molar-refractivity contribution in [3.8, 4) is 10.8 Å². The Hall–Kier alpha value is -2.70. The predicted octanol–water partition coefficient (Wildman–Crippen LogP) is 5.51. The zero-order chi connectivity index (χ0) is 21.8. The number of nitrogens with one attached hydrogen (secondary N) is 1. The van der Waals surface area contributed by atoms with Gasteiger partial charge in [0, 0.05) is 18.5 Å². The smallest absolute Gasteiger partial charge is 0.181 e. The minimum absolute atomic E-state index is 0.0714. The summed E-state index contributed by atoms with van der Waals surface area (Å²) in [6.45, 7) is 3.04. The van der Waals surface area contributed by atoms with E-state index < -0.39 is 0 Å². The van der Waals surface area contributed by atoms with E-state index in [4.69, 9.17) is 14.9 Å². The number of hydrogen-bond acceptors (Lipinski definition) is 5. The Balaban J connectivity index is 0.000000199. The molecule has 0 fully saturated rings. The van der Waals surface area contributed by atoms with Gasteiger partial charge in [0.05, 0.1) is 6.61 Å². The molecular formula is C25H29NO3S. The van der Waals surface area contributed by atoms with Gasteiger partial charge < -0.3 is 20.3 Å². The number of aliphatic hydroxyl groups excluding tert-OH is 2. The summed E-state index contributed by atoms with van der Waals surface area (Å²) >= 11 is 1.46. The van der Waals surface area contributed by atoms with E-state index in [9.17, 15) is 0 Å². The molecule has 30 heavy (non-hydrogen) atoms. The van der Waals surface area contributed by atoms with Crippen LogP contribution in [-0.2, 0) is 13.2 Å². The maximum absolute atomic E-state index is 8.91. The van der Waals surface area contributed by atoms with Crippen molar-refractivity contribution in [2.75, 3.05) is 14.2 Å². The highest BCUT2D eigenvalue weighted by Gasteiger charge is 2.01. The Kier molecular flexibility index (Phi) is 10.0. The Morgan fingerprint density at radius 3 is 2.23 bits per heavy atom. The third-order valence-corrected chi connectivity index (χ3v) is 5.23. The summed E-state index contributed by atoms with van der Waals surface area (Å²) in [5.74, 6) is 0.826. The molecule has 0 atom stereocenters. The maximum Gasteiger partial charge on any atom is 0.181 e. The fourth-order valence-electron chi connectivity index (χ4n) is 2.86. The minimum Gasteiger partial charge on any atom is -0.447 e. The second-order valence-electron chi connectivity index (χ2n) is 6.46. The summed E-state index contributed by atoms with van der Waals surface area (Å²) in [7, 11) is 2.97. The van der Waals surface area contributed by atoms with Gasteiger partial charge in [-0.3, -0.25) is 0 Å². The van der Waals surface area contributed by atoms with Gasteiger partial charge >= 0.3 is 0 Å². The quantitative estimate of drug-likeness (QED) is 0.396. The highest BCUT2D eigenvalue weighted by Crippen LogP contribution is 2.29.